The zero-order valence-corrected chi connectivity index (χ0v) is 14.8. The molecule has 154 valence electrons. The number of primary amides is 1. The molecule has 0 aromatic heterocycles. The first-order valence-electron chi connectivity index (χ1n) is 7.87. The third-order valence-electron chi connectivity index (χ3n) is 3.37. The van der Waals surface area contributed by atoms with E-state index < -0.39 is 72.9 Å². The van der Waals surface area contributed by atoms with Gasteiger partial charge in [-0.15, -0.1) is 0 Å². The Bertz CT molecular complexity index is 582. The first kappa shape index (κ1) is 24.2. The molecule has 0 radical (unpaired) electrons. The van der Waals surface area contributed by atoms with Crippen LogP contribution in [0.1, 0.15) is 20.3 Å². The lowest BCUT2D eigenvalue weighted by molar-refractivity contribution is -0.144. The van der Waals surface area contributed by atoms with Gasteiger partial charge in [0.2, 0.25) is 23.6 Å². The summed E-state index contributed by atoms with van der Waals surface area (Å²) in [6.45, 7) is 1.53. The van der Waals surface area contributed by atoms with E-state index in [-0.39, 0.29) is 0 Å². The van der Waals surface area contributed by atoms with E-state index in [1.807, 2.05) is 5.32 Å². The number of nitrogens with one attached hydrogen (secondary N) is 3. The Morgan fingerprint density at radius 3 is 1.93 bits per heavy atom. The van der Waals surface area contributed by atoms with Crippen LogP contribution in [0.4, 0.5) is 0 Å². The van der Waals surface area contributed by atoms with E-state index in [4.69, 9.17) is 21.7 Å². The van der Waals surface area contributed by atoms with Gasteiger partial charge in [0, 0.05) is 0 Å². The van der Waals surface area contributed by atoms with E-state index in [1.165, 1.54) is 13.8 Å². The minimum absolute atomic E-state index is 0.434. The zero-order valence-electron chi connectivity index (χ0n) is 14.8. The highest BCUT2D eigenvalue weighted by molar-refractivity contribution is 5.95. The second-order valence-corrected chi connectivity index (χ2v) is 5.82. The van der Waals surface area contributed by atoms with Gasteiger partial charge in [0.25, 0.3) is 0 Å². The molecule has 0 aromatic carbocycles. The van der Waals surface area contributed by atoms with Crippen LogP contribution in [0.25, 0.3) is 0 Å². The Morgan fingerprint density at radius 2 is 1.52 bits per heavy atom. The summed E-state index contributed by atoms with van der Waals surface area (Å²) in [5, 5.41) is 33.7. The third kappa shape index (κ3) is 8.44. The Balaban J connectivity index is 4.92. The van der Waals surface area contributed by atoms with Gasteiger partial charge in [0.15, 0.2) is 0 Å². The van der Waals surface area contributed by atoms with Gasteiger partial charge in [-0.3, -0.25) is 19.2 Å². The molecule has 4 amide bonds. The van der Waals surface area contributed by atoms with Gasteiger partial charge in [-0.05, 0) is 13.8 Å². The maximum Gasteiger partial charge on any atom is 0.328 e. The van der Waals surface area contributed by atoms with Crippen molar-refractivity contribution in [2.24, 2.45) is 11.5 Å². The van der Waals surface area contributed by atoms with Crippen LogP contribution in [0.3, 0.4) is 0 Å². The SMILES string of the molecule is CC(NC(=O)C(N)CC(N)=O)C(=O)NC(C(=O)NC(CO)C(=O)O)C(C)O. The number of carbonyl (C=O) groups excluding carboxylic acids is 4. The van der Waals surface area contributed by atoms with Crippen LogP contribution in [-0.2, 0) is 24.0 Å². The quantitative estimate of drug-likeness (QED) is 0.168. The summed E-state index contributed by atoms with van der Waals surface area (Å²) in [7, 11) is 0. The molecule has 13 heteroatoms. The Morgan fingerprint density at radius 1 is 0.963 bits per heavy atom. The molecule has 0 heterocycles. The van der Waals surface area contributed by atoms with Crippen molar-refractivity contribution in [2.75, 3.05) is 6.61 Å². The molecule has 0 bridgehead atoms. The molecule has 0 aromatic rings. The normalized spacial score (nSPS) is 16.2. The Hall–Kier alpha value is -2.77. The van der Waals surface area contributed by atoms with Crippen LogP contribution in [0.5, 0.6) is 0 Å². The fourth-order valence-corrected chi connectivity index (χ4v) is 1.83. The molecule has 0 rings (SSSR count). The molecule has 0 aliphatic carbocycles. The van der Waals surface area contributed by atoms with Crippen LogP contribution in [0.2, 0.25) is 0 Å². The molecule has 0 saturated heterocycles. The van der Waals surface area contributed by atoms with Crippen molar-refractivity contribution in [3.8, 4) is 0 Å². The maximum atomic E-state index is 12.1. The van der Waals surface area contributed by atoms with Crippen molar-refractivity contribution >= 4 is 29.6 Å². The average Bonchev–Trinajstić information content (AvgIpc) is 2.55. The topological polar surface area (TPSA) is 234 Å². The first-order valence-corrected chi connectivity index (χ1v) is 7.87. The number of amides is 4. The summed E-state index contributed by atoms with van der Waals surface area (Å²) in [4.78, 5) is 57.5. The highest BCUT2D eigenvalue weighted by Gasteiger charge is 2.31. The van der Waals surface area contributed by atoms with Gasteiger partial charge in [-0.25, -0.2) is 4.79 Å². The van der Waals surface area contributed by atoms with Crippen molar-refractivity contribution in [1.82, 2.24) is 16.0 Å². The van der Waals surface area contributed by atoms with E-state index in [0.717, 1.165) is 0 Å². The molecule has 0 fully saturated rings. The molecule has 0 spiro atoms. The van der Waals surface area contributed by atoms with Crippen molar-refractivity contribution in [1.29, 1.82) is 0 Å². The highest BCUT2D eigenvalue weighted by Crippen LogP contribution is 1.98. The fraction of sp³-hybridized carbons (Fsp3) is 0.643. The standard InChI is InChI=1S/C14H25N5O8/c1-5(17-12(24)7(15)3-9(16)22)11(23)19-10(6(2)21)13(25)18-8(4-20)14(26)27/h5-8,10,20-21H,3-4,15H2,1-2H3,(H2,16,22)(H,17,24)(H,18,25)(H,19,23)(H,26,27). The largest absolute Gasteiger partial charge is 0.480 e. The lowest BCUT2D eigenvalue weighted by atomic mass is 10.1. The Kier molecular flexibility index (Phi) is 9.92. The van der Waals surface area contributed by atoms with Crippen molar-refractivity contribution < 1.29 is 39.3 Å². The van der Waals surface area contributed by atoms with Crippen LogP contribution >= 0.6 is 0 Å². The number of carbonyl (C=O) groups is 5. The molecule has 0 saturated carbocycles. The summed E-state index contributed by atoms with van der Waals surface area (Å²) in [6.07, 6.45) is -1.85. The monoisotopic (exact) mass is 391 g/mol. The summed E-state index contributed by atoms with van der Waals surface area (Å²) in [5.41, 5.74) is 10.4. The summed E-state index contributed by atoms with van der Waals surface area (Å²) >= 11 is 0. The van der Waals surface area contributed by atoms with Gasteiger partial charge in [-0.2, -0.15) is 0 Å². The fourth-order valence-electron chi connectivity index (χ4n) is 1.83. The smallest absolute Gasteiger partial charge is 0.328 e. The number of carboxylic acid groups (broad SMARTS) is 1. The second kappa shape index (κ2) is 11.1. The molecule has 0 aliphatic rings. The van der Waals surface area contributed by atoms with Crippen LogP contribution in [-0.4, -0.2) is 81.8 Å². The van der Waals surface area contributed by atoms with Gasteiger partial charge in [0.1, 0.15) is 18.1 Å². The minimum atomic E-state index is -1.63. The maximum absolute atomic E-state index is 12.1. The number of nitrogens with two attached hydrogens (primary N) is 2. The predicted molar refractivity (Wildman–Crippen MR) is 89.7 cm³/mol. The third-order valence-corrected chi connectivity index (χ3v) is 3.37. The summed E-state index contributed by atoms with van der Waals surface area (Å²) < 4.78 is 0. The highest BCUT2D eigenvalue weighted by atomic mass is 16.4. The van der Waals surface area contributed by atoms with E-state index in [2.05, 4.69) is 10.6 Å². The van der Waals surface area contributed by atoms with E-state index in [0.29, 0.717) is 0 Å². The van der Waals surface area contributed by atoms with Gasteiger partial charge in [0.05, 0.1) is 25.2 Å². The number of aliphatic hydroxyl groups excluding tert-OH is 2. The summed E-state index contributed by atoms with van der Waals surface area (Å²) in [5.74, 6) is -5.08. The lowest BCUT2D eigenvalue weighted by Crippen LogP contribution is -2.59. The van der Waals surface area contributed by atoms with E-state index in [9.17, 15) is 29.1 Å². The minimum Gasteiger partial charge on any atom is -0.480 e. The number of rotatable bonds is 11. The van der Waals surface area contributed by atoms with Crippen LogP contribution < -0.4 is 27.4 Å². The Labute approximate surface area is 154 Å². The van der Waals surface area contributed by atoms with E-state index in [1.54, 1.807) is 0 Å². The van der Waals surface area contributed by atoms with Gasteiger partial charge in [-0.1, -0.05) is 0 Å². The molecule has 5 unspecified atom stereocenters. The molecule has 5 atom stereocenters. The van der Waals surface area contributed by atoms with Gasteiger partial charge < -0.3 is 42.7 Å². The zero-order chi connectivity index (χ0) is 21.3. The summed E-state index contributed by atoms with van der Waals surface area (Å²) in [6, 6.07) is -5.64. The molecular weight excluding hydrogens is 366 g/mol. The number of hydrogen-bond acceptors (Lipinski definition) is 8. The molecular formula is C14H25N5O8. The molecule has 10 N–H and O–H groups in total. The number of hydrogen-bond donors (Lipinski definition) is 8. The van der Waals surface area contributed by atoms with Crippen molar-refractivity contribution in [3.05, 3.63) is 0 Å². The van der Waals surface area contributed by atoms with Crippen molar-refractivity contribution in [2.45, 2.75) is 50.5 Å². The average molecular weight is 391 g/mol. The van der Waals surface area contributed by atoms with Crippen LogP contribution in [0, 0.1) is 0 Å². The van der Waals surface area contributed by atoms with Gasteiger partial charge >= 0.3 is 5.97 Å². The molecule has 13 nitrogen and oxygen atoms in total. The molecule has 27 heavy (non-hydrogen) atoms. The number of carboxylic acids is 1. The van der Waals surface area contributed by atoms with Crippen molar-refractivity contribution in [3.63, 3.8) is 0 Å². The molecule has 0 aliphatic heterocycles. The lowest BCUT2D eigenvalue weighted by Gasteiger charge is -2.24. The van der Waals surface area contributed by atoms with E-state index >= 15 is 0 Å². The second-order valence-electron chi connectivity index (χ2n) is 5.82. The van der Waals surface area contributed by atoms with Crippen LogP contribution in [0.15, 0.2) is 0 Å². The first-order chi connectivity index (χ1) is 12.4. The number of aliphatic carboxylic acids is 1. The number of aliphatic hydroxyl groups is 2. The predicted octanol–water partition coefficient (Wildman–Crippen LogP) is -4.88.